The van der Waals surface area contributed by atoms with E-state index in [4.69, 9.17) is 0 Å². The summed E-state index contributed by atoms with van der Waals surface area (Å²) in [7, 11) is 1.59. The third-order valence-corrected chi connectivity index (χ3v) is 5.50. The third kappa shape index (κ3) is 3.48. The SMILES string of the molecule is Cn1cccc(C(=O)NC[C@H](O)c2ccc(-c3ccsc3)s2)c1=O. The van der Waals surface area contributed by atoms with E-state index in [0.717, 1.165) is 15.3 Å². The number of carbonyl (C=O) groups excluding carboxylic acids is 1. The summed E-state index contributed by atoms with van der Waals surface area (Å²) < 4.78 is 1.34. The van der Waals surface area contributed by atoms with Crippen molar-refractivity contribution in [3.05, 3.63) is 68.1 Å². The highest BCUT2D eigenvalue weighted by molar-refractivity contribution is 7.16. The minimum atomic E-state index is -0.807. The molecular weight excluding hydrogens is 344 g/mol. The molecule has 124 valence electrons. The largest absolute Gasteiger partial charge is 0.386 e. The molecule has 0 saturated carbocycles. The number of thiophene rings is 2. The molecule has 24 heavy (non-hydrogen) atoms. The van der Waals surface area contributed by atoms with Gasteiger partial charge in [0.05, 0.1) is 0 Å². The number of aryl methyl sites for hydroxylation is 1. The molecule has 7 heteroatoms. The average molecular weight is 360 g/mol. The van der Waals surface area contributed by atoms with Gasteiger partial charge in [-0.3, -0.25) is 9.59 Å². The quantitative estimate of drug-likeness (QED) is 0.735. The minimum absolute atomic E-state index is 0.0560. The fourth-order valence-corrected chi connectivity index (χ4v) is 3.97. The van der Waals surface area contributed by atoms with Crippen LogP contribution in [0.25, 0.3) is 10.4 Å². The smallest absolute Gasteiger partial charge is 0.263 e. The van der Waals surface area contributed by atoms with Crippen LogP contribution in [0.3, 0.4) is 0 Å². The van der Waals surface area contributed by atoms with Gasteiger partial charge in [-0.25, -0.2) is 0 Å². The van der Waals surface area contributed by atoms with Crippen molar-refractivity contribution < 1.29 is 9.90 Å². The predicted octanol–water partition coefficient (Wildman–Crippen LogP) is 2.64. The van der Waals surface area contributed by atoms with E-state index >= 15 is 0 Å². The Morgan fingerprint density at radius 3 is 2.92 bits per heavy atom. The number of aliphatic hydroxyl groups excluding tert-OH is 1. The lowest BCUT2D eigenvalue weighted by molar-refractivity contribution is 0.0916. The standard InChI is InChI=1S/C17H16N2O3S2/c1-19-7-2-3-12(17(19)22)16(21)18-9-13(20)15-5-4-14(24-15)11-6-8-23-10-11/h2-8,10,13,20H,9H2,1H3,(H,18,21)/t13-/m0/s1. The normalized spacial score (nSPS) is 12.1. The summed E-state index contributed by atoms with van der Waals surface area (Å²) in [6.45, 7) is 0.0560. The average Bonchev–Trinajstić information content (AvgIpc) is 3.25. The fraction of sp³-hybridized carbons (Fsp3) is 0.176. The van der Waals surface area contributed by atoms with Crippen molar-refractivity contribution in [2.24, 2.45) is 7.05 Å². The number of amides is 1. The lowest BCUT2D eigenvalue weighted by Crippen LogP contribution is -2.34. The number of rotatable bonds is 5. The summed E-state index contributed by atoms with van der Waals surface area (Å²) >= 11 is 3.11. The molecular formula is C17H16N2O3S2. The summed E-state index contributed by atoms with van der Waals surface area (Å²) in [4.78, 5) is 25.9. The maximum Gasteiger partial charge on any atom is 0.263 e. The Bertz CT molecular complexity index is 897. The zero-order valence-electron chi connectivity index (χ0n) is 12.9. The number of hydrogen-bond acceptors (Lipinski definition) is 5. The molecule has 0 aliphatic carbocycles. The van der Waals surface area contributed by atoms with E-state index in [2.05, 4.69) is 10.7 Å². The molecule has 0 saturated heterocycles. The van der Waals surface area contributed by atoms with Gasteiger partial charge in [0, 0.05) is 35.1 Å². The van der Waals surface area contributed by atoms with Crippen molar-refractivity contribution in [2.45, 2.75) is 6.10 Å². The first-order valence-electron chi connectivity index (χ1n) is 7.30. The predicted molar refractivity (Wildman–Crippen MR) is 96.6 cm³/mol. The van der Waals surface area contributed by atoms with Crippen molar-refractivity contribution in [2.75, 3.05) is 6.54 Å². The molecule has 5 nitrogen and oxygen atoms in total. The number of aromatic nitrogens is 1. The second-order valence-corrected chi connectivity index (χ2v) is 7.17. The Kier molecular flexibility index (Phi) is 4.94. The number of aliphatic hydroxyl groups is 1. The van der Waals surface area contributed by atoms with Crippen LogP contribution in [0.4, 0.5) is 0 Å². The van der Waals surface area contributed by atoms with Crippen LogP contribution < -0.4 is 10.9 Å². The van der Waals surface area contributed by atoms with Crippen LogP contribution in [0.5, 0.6) is 0 Å². The summed E-state index contributed by atoms with van der Waals surface area (Å²) in [5.74, 6) is -0.482. The van der Waals surface area contributed by atoms with Gasteiger partial charge < -0.3 is 15.0 Å². The maximum absolute atomic E-state index is 12.1. The van der Waals surface area contributed by atoms with Gasteiger partial charge in [-0.2, -0.15) is 11.3 Å². The second-order valence-electron chi connectivity index (χ2n) is 5.28. The highest BCUT2D eigenvalue weighted by atomic mass is 32.1. The molecule has 3 aromatic heterocycles. The van der Waals surface area contributed by atoms with Crippen LogP contribution in [0.2, 0.25) is 0 Å². The molecule has 0 bridgehead atoms. The number of carbonyl (C=O) groups is 1. The molecule has 0 aromatic carbocycles. The van der Waals surface area contributed by atoms with Crippen molar-refractivity contribution in [3.8, 4) is 10.4 Å². The lowest BCUT2D eigenvalue weighted by atomic mass is 10.2. The summed E-state index contributed by atoms with van der Waals surface area (Å²) in [6.07, 6.45) is 0.782. The highest BCUT2D eigenvalue weighted by Gasteiger charge is 2.15. The highest BCUT2D eigenvalue weighted by Crippen LogP contribution is 2.32. The molecule has 1 atom stereocenters. The van der Waals surface area contributed by atoms with Crippen molar-refractivity contribution in [1.82, 2.24) is 9.88 Å². The van der Waals surface area contributed by atoms with E-state index in [9.17, 15) is 14.7 Å². The van der Waals surface area contributed by atoms with E-state index in [-0.39, 0.29) is 17.7 Å². The molecule has 0 spiro atoms. The molecule has 3 rings (SSSR count). The Morgan fingerprint density at radius 1 is 1.33 bits per heavy atom. The monoisotopic (exact) mass is 360 g/mol. The summed E-state index contributed by atoms with van der Waals surface area (Å²) in [5, 5.41) is 16.9. The zero-order valence-corrected chi connectivity index (χ0v) is 14.6. The number of pyridine rings is 1. The molecule has 3 heterocycles. The van der Waals surface area contributed by atoms with Crippen molar-refractivity contribution >= 4 is 28.6 Å². The molecule has 2 N–H and O–H groups in total. The van der Waals surface area contributed by atoms with Gasteiger partial charge in [0.2, 0.25) is 0 Å². The van der Waals surface area contributed by atoms with Crippen LogP contribution >= 0.6 is 22.7 Å². The Morgan fingerprint density at radius 2 is 2.17 bits per heavy atom. The number of nitrogens with one attached hydrogen (secondary N) is 1. The number of hydrogen-bond donors (Lipinski definition) is 2. The van der Waals surface area contributed by atoms with Gasteiger partial charge in [0.1, 0.15) is 11.7 Å². The Balaban J connectivity index is 1.65. The molecule has 0 unspecified atom stereocenters. The van der Waals surface area contributed by atoms with Gasteiger partial charge in [0.15, 0.2) is 0 Å². The van der Waals surface area contributed by atoms with Gasteiger partial charge in [-0.15, -0.1) is 11.3 Å². The third-order valence-electron chi connectivity index (χ3n) is 3.58. The first-order chi connectivity index (χ1) is 11.6. The van der Waals surface area contributed by atoms with Crippen LogP contribution in [0, 0.1) is 0 Å². The van der Waals surface area contributed by atoms with Crippen LogP contribution in [-0.4, -0.2) is 22.1 Å². The van der Waals surface area contributed by atoms with E-state index in [0.29, 0.717) is 0 Å². The zero-order chi connectivity index (χ0) is 17.1. The van der Waals surface area contributed by atoms with Gasteiger partial charge in [0.25, 0.3) is 11.5 Å². The topological polar surface area (TPSA) is 71.3 Å². The summed E-state index contributed by atoms with van der Waals surface area (Å²) in [6, 6.07) is 8.96. The molecule has 1 amide bonds. The number of nitrogens with zero attached hydrogens (tertiary/aromatic N) is 1. The molecule has 0 fully saturated rings. The minimum Gasteiger partial charge on any atom is -0.386 e. The van der Waals surface area contributed by atoms with Crippen molar-refractivity contribution in [1.29, 1.82) is 0 Å². The summed E-state index contributed by atoms with van der Waals surface area (Å²) in [5.41, 5.74) is 0.831. The second kappa shape index (κ2) is 7.12. The first-order valence-corrected chi connectivity index (χ1v) is 9.06. The van der Waals surface area contributed by atoms with E-state index in [1.807, 2.05) is 23.6 Å². The van der Waals surface area contributed by atoms with E-state index in [1.165, 1.54) is 22.0 Å². The van der Waals surface area contributed by atoms with E-state index < -0.39 is 12.0 Å². The molecule has 3 aromatic rings. The maximum atomic E-state index is 12.1. The van der Waals surface area contributed by atoms with Gasteiger partial charge >= 0.3 is 0 Å². The van der Waals surface area contributed by atoms with Crippen LogP contribution in [-0.2, 0) is 7.05 Å². The van der Waals surface area contributed by atoms with E-state index in [1.54, 1.807) is 30.6 Å². The van der Waals surface area contributed by atoms with Crippen LogP contribution in [0.15, 0.2) is 52.1 Å². The van der Waals surface area contributed by atoms with Crippen molar-refractivity contribution in [3.63, 3.8) is 0 Å². The molecule has 0 aliphatic rings. The Hall–Kier alpha value is -2.22. The molecule has 0 aliphatic heterocycles. The van der Waals surface area contributed by atoms with Gasteiger partial charge in [-0.1, -0.05) is 0 Å². The van der Waals surface area contributed by atoms with Crippen LogP contribution in [0.1, 0.15) is 21.3 Å². The first kappa shape index (κ1) is 16.6. The van der Waals surface area contributed by atoms with Gasteiger partial charge in [-0.05, 0) is 41.1 Å². The Labute approximate surface area is 146 Å². The lowest BCUT2D eigenvalue weighted by Gasteiger charge is -2.10. The fourth-order valence-electron chi connectivity index (χ4n) is 2.25. The molecule has 0 radical (unpaired) electrons.